The molecule has 130 valence electrons. The van der Waals surface area contributed by atoms with E-state index in [2.05, 4.69) is 36.3 Å². The van der Waals surface area contributed by atoms with E-state index in [1.165, 1.54) is 11.1 Å². The second-order valence-electron chi connectivity index (χ2n) is 6.60. The first kappa shape index (κ1) is 18.0. The zero-order valence-corrected chi connectivity index (χ0v) is 15.2. The molecule has 0 aliphatic rings. The first-order valence-corrected chi connectivity index (χ1v) is 8.35. The fourth-order valence-electron chi connectivity index (χ4n) is 2.95. The number of hydrogen-bond donors (Lipinski definition) is 2. The third-order valence-electron chi connectivity index (χ3n) is 4.41. The van der Waals surface area contributed by atoms with Gasteiger partial charge in [-0.25, -0.2) is 0 Å². The minimum absolute atomic E-state index is 0.00259. The number of carbonyl (C=O) groups excluding carboxylic acids is 2. The molecule has 0 saturated carbocycles. The Morgan fingerprint density at radius 3 is 2.46 bits per heavy atom. The number of aryl methyl sites for hydroxylation is 3. The normalized spacial score (nSPS) is 10.9. The molecule has 0 radical (unpaired) electrons. The maximum absolute atomic E-state index is 12.3. The summed E-state index contributed by atoms with van der Waals surface area (Å²) in [6.07, 6.45) is 1.48. The predicted molar refractivity (Wildman–Crippen MR) is 97.2 cm³/mol. The largest absolute Gasteiger partial charge is 0.358 e. The summed E-state index contributed by atoms with van der Waals surface area (Å²) in [5.41, 5.74) is 5.59. The van der Waals surface area contributed by atoms with E-state index in [4.69, 9.17) is 0 Å². The molecule has 5 nitrogen and oxygen atoms in total. The number of nitrogens with one attached hydrogen (secondary N) is 2. The quantitative estimate of drug-likeness (QED) is 0.800. The summed E-state index contributed by atoms with van der Waals surface area (Å²) in [4.78, 5) is 28.8. The minimum atomic E-state index is -0.00259. The maximum Gasteiger partial charge on any atom is 0.224 e. The van der Waals surface area contributed by atoms with Crippen LogP contribution in [-0.4, -0.2) is 42.3 Å². The van der Waals surface area contributed by atoms with Gasteiger partial charge in [0.15, 0.2) is 0 Å². The molecule has 0 aliphatic heterocycles. The molecule has 0 spiro atoms. The van der Waals surface area contributed by atoms with Crippen LogP contribution in [0.1, 0.15) is 35.2 Å². The van der Waals surface area contributed by atoms with Gasteiger partial charge in [0.1, 0.15) is 0 Å². The highest BCUT2D eigenvalue weighted by Gasteiger charge is 2.15. The van der Waals surface area contributed by atoms with E-state index in [0.29, 0.717) is 25.8 Å². The van der Waals surface area contributed by atoms with Crippen LogP contribution in [0.5, 0.6) is 0 Å². The smallest absolute Gasteiger partial charge is 0.224 e. The highest BCUT2D eigenvalue weighted by atomic mass is 16.2. The van der Waals surface area contributed by atoms with Crippen LogP contribution in [0.15, 0.2) is 12.1 Å². The van der Waals surface area contributed by atoms with Crippen molar-refractivity contribution in [2.45, 2.75) is 40.0 Å². The van der Waals surface area contributed by atoms with Gasteiger partial charge in [0.25, 0.3) is 0 Å². The van der Waals surface area contributed by atoms with Crippen LogP contribution in [0.4, 0.5) is 0 Å². The number of H-pyrrole nitrogens is 1. The van der Waals surface area contributed by atoms with Gasteiger partial charge in [-0.1, -0.05) is 12.1 Å². The van der Waals surface area contributed by atoms with Gasteiger partial charge in [0.05, 0.1) is 6.42 Å². The summed E-state index contributed by atoms with van der Waals surface area (Å²) in [7, 11) is 3.48. The molecule has 2 aromatic rings. The standard InChI is InChI=1S/C19H27N3O2/c1-12-8-9-13(2)19-18(12)15(14(3)21-19)11-16(23)20-10-6-7-17(24)22(4)5/h8-9,21H,6-7,10-11H2,1-5H3,(H,20,23). The van der Waals surface area contributed by atoms with Crippen molar-refractivity contribution in [2.24, 2.45) is 0 Å². The number of carbonyl (C=O) groups is 2. The van der Waals surface area contributed by atoms with Crippen molar-refractivity contribution in [3.63, 3.8) is 0 Å². The number of aromatic nitrogens is 1. The molecule has 24 heavy (non-hydrogen) atoms. The van der Waals surface area contributed by atoms with Crippen LogP contribution in [0.3, 0.4) is 0 Å². The fourth-order valence-corrected chi connectivity index (χ4v) is 2.95. The Hall–Kier alpha value is -2.30. The summed E-state index contributed by atoms with van der Waals surface area (Å²) in [5, 5.41) is 4.08. The fraction of sp³-hybridized carbons (Fsp3) is 0.474. The molecule has 1 aromatic heterocycles. The van der Waals surface area contributed by atoms with E-state index in [9.17, 15) is 9.59 Å². The highest BCUT2D eigenvalue weighted by molar-refractivity contribution is 5.93. The lowest BCUT2D eigenvalue weighted by atomic mass is 10.0. The van der Waals surface area contributed by atoms with Crippen LogP contribution in [0.25, 0.3) is 10.9 Å². The average molecular weight is 329 g/mol. The van der Waals surface area contributed by atoms with E-state index in [1.54, 1.807) is 19.0 Å². The minimum Gasteiger partial charge on any atom is -0.358 e. The average Bonchev–Trinajstić information content (AvgIpc) is 2.85. The molecule has 0 saturated heterocycles. The van der Waals surface area contributed by atoms with E-state index in [-0.39, 0.29) is 11.8 Å². The van der Waals surface area contributed by atoms with Gasteiger partial charge in [0.2, 0.25) is 11.8 Å². The van der Waals surface area contributed by atoms with Crippen molar-refractivity contribution >= 4 is 22.7 Å². The number of nitrogens with zero attached hydrogens (tertiary/aromatic N) is 1. The number of aromatic amines is 1. The highest BCUT2D eigenvalue weighted by Crippen LogP contribution is 2.28. The molecule has 0 unspecified atom stereocenters. The second-order valence-corrected chi connectivity index (χ2v) is 6.60. The molecule has 1 heterocycles. The molecule has 5 heteroatoms. The molecular formula is C19H27N3O2. The summed E-state index contributed by atoms with van der Waals surface area (Å²) in [6, 6.07) is 4.19. The number of benzene rings is 1. The Kier molecular flexibility index (Phi) is 5.65. The summed E-state index contributed by atoms with van der Waals surface area (Å²) >= 11 is 0. The predicted octanol–water partition coefficient (Wildman–Crippen LogP) is 2.62. The molecule has 0 fully saturated rings. The van der Waals surface area contributed by atoms with Crippen LogP contribution < -0.4 is 5.32 Å². The van der Waals surface area contributed by atoms with E-state index in [0.717, 1.165) is 22.2 Å². The van der Waals surface area contributed by atoms with Crippen molar-refractivity contribution in [2.75, 3.05) is 20.6 Å². The van der Waals surface area contributed by atoms with Crippen molar-refractivity contribution < 1.29 is 9.59 Å². The molecule has 2 amide bonds. The molecule has 0 atom stereocenters. The van der Waals surface area contributed by atoms with Crippen LogP contribution in [0, 0.1) is 20.8 Å². The topological polar surface area (TPSA) is 65.2 Å². The van der Waals surface area contributed by atoms with Gasteiger partial charge in [-0.05, 0) is 43.9 Å². The Morgan fingerprint density at radius 2 is 1.79 bits per heavy atom. The Balaban J connectivity index is 2.00. The van der Waals surface area contributed by atoms with E-state index < -0.39 is 0 Å². The number of fused-ring (bicyclic) bond motifs is 1. The lowest BCUT2D eigenvalue weighted by Gasteiger charge is -2.10. The van der Waals surface area contributed by atoms with Crippen molar-refractivity contribution in [1.29, 1.82) is 0 Å². The van der Waals surface area contributed by atoms with Crippen molar-refractivity contribution in [3.8, 4) is 0 Å². The monoisotopic (exact) mass is 329 g/mol. The Bertz CT molecular complexity index is 760. The molecule has 0 bridgehead atoms. The first-order chi connectivity index (χ1) is 11.3. The molecular weight excluding hydrogens is 302 g/mol. The summed E-state index contributed by atoms with van der Waals surface area (Å²) < 4.78 is 0. The Morgan fingerprint density at radius 1 is 1.12 bits per heavy atom. The van der Waals surface area contributed by atoms with Gasteiger partial charge in [-0.2, -0.15) is 0 Å². The number of hydrogen-bond acceptors (Lipinski definition) is 2. The number of amides is 2. The maximum atomic E-state index is 12.3. The van der Waals surface area contributed by atoms with Gasteiger partial charge >= 0.3 is 0 Å². The Labute approximate surface area is 143 Å². The zero-order chi connectivity index (χ0) is 17.9. The molecule has 2 rings (SSSR count). The van der Waals surface area contributed by atoms with E-state index in [1.807, 2.05) is 6.92 Å². The van der Waals surface area contributed by atoms with Crippen LogP contribution in [-0.2, 0) is 16.0 Å². The second kappa shape index (κ2) is 7.51. The van der Waals surface area contributed by atoms with Gasteiger partial charge in [-0.3, -0.25) is 9.59 Å². The van der Waals surface area contributed by atoms with Gasteiger partial charge in [-0.15, -0.1) is 0 Å². The molecule has 1 aromatic carbocycles. The van der Waals surface area contributed by atoms with Crippen molar-refractivity contribution in [1.82, 2.24) is 15.2 Å². The summed E-state index contributed by atoms with van der Waals surface area (Å²) in [6.45, 7) is 6.68. The zero-order valence-electron chi connectivity index (χ0n) is 15.2. The van der Waals surface area contributed by atoms with Crippen molar-refractivity contribution in [3.05, 3.63) is 34.5 Å². The lowest BCUT2D eigenvalue weighted by Crippen LogP contribution is -2.28. The van der Waals surface area contributed by atoms with Crippen LogP contribution >= 0.6 is 0 Å². The summed E-state index contributed by atoms with van der Waals surface area (Å²) in [5.74, 6) is 0.0834. The third kappa shape index (κ3) is 3.96. The SMILES string of the molecule is Cc1[nH]c2c(C)ccc(C)c2c1CC(=O)NCCCC(=O)N(C)C. The first-order valence-electron chi connectivity index (χ1n) is 8.35. The molecule has 2 N–H and O–H groups in total. The molecule has 0 aliphatic carbocycles. The van der Waals surface area contributed by atoms with Gasteiger partial charge < -0.3 is 15.2 Å². The van der Waals surface area contributed by atoms with Gasteiger partial charge in [0, 0.05) is 43.7 Å². The number of rotatable bonds is 6. The third-order valence-corrected chi connectivity index (χ3v) is 4.41. The van der Waals surface area contributed by atoms with Crippen LogP contribution in [0.2, 0.25) is 0 Å². The van der Waals surface area contributed by atoms with E-state index >= 15 is 0 Å². The lowest BCUT2D eigenvalue weighted by molar-refractivity contribution is -0.129.